The number of rotatable bonds is 2. The number of azo groups is 1. The van der Waals surface area contributed by atoms with Gasteiger partial charge in [-0.2, -0.15) is 0 Å². The van der Waals surface area contributed by atoms with E-state index in [0.717, 1.165) is 0 Å². The van der Waals surface area contributed by atoms with Crippen molar-refractivity contribution in [2.75, 3.05) is 0 Å². The van der Waals surface area contributed by atoms with Crippen molar-refractivity contribution in [1.29, 1.82) is 0 Å². The van der Waals surface area contributed by atoms with Crippen LogP contribution in [0.5, 0.6) is 0 Å². The standard InChI is InChI=1S/C10H8N4.Os/c1-3-7-11-9(5-1)13-14-10-6-2-4-8-12-10;/h1-8H;. The van der Waals surface area contributed by atoms with Crippen LogP contribution in [0.3, 0.4) is 0 Å². The predicted octanol–water partition coefficient (Wildman–Crippen LogP) is 2.89. The molecular formula is C10H8N4Os. The fourth-order valence-electron chi connectivity index (χ4n) is 0.928. The Hall–Kier alpha value is -1.46. The summed E-state index contributed by atoms with van der Waals surface area (Å²) in [6, 6.07) is 11.0. The summed E-state index contributed by atoms with van der Waals surface area (Å²) in [5.74, 6) is 1.16. The Morgan fingerprint density at radius 2 is 1.20 bits per heavy atom. The van der Waals surface area contributed by atoms with E-state index in [1.807, 2.05) is 24.3 Å². The summed E-state index contributed by atoms with van der Waals surface area (Å²) in [5.41, 5.74) is 0. The van der Waals surface area contributed by atoms with Crippen LogP contribution in [-0.4, -0.2) is 9.97 Å². The second kappa shape index (κ2) is 6.10. The van der Waals surface area contributed by atoms with Gasteiger partial charge in [-0.1, -0.05) is 12.1 Å². The molecule has 0 bridgehead atoms. The second-order valence-electron chi connectivity index (χ2n) is 2.58. The maximum Gasteiger partial charge on any atom is 0.174 e. The van der Waals surface area contributed by atoms with Crippen molar-refractivity contribution in [3.63, 3.8) is 0 Å². The SMILES string of the molecule is [Os].c1ccc(N=Nc2ccccn2)nc1. The van der Waals surface area contributed by atoms with Crippen LogP contribution in [-0.2, 0) is 19.8 Å². The summed E-state index contributed by atoms with van der Waals surface area (Å²) in [5, 5.41) is 7.86. The third kappa shape index (κ3) is 3.65. The Kier molecular flexibility index (Phi) is 4.72. The average molecular weight is 374 g/mol. The van der Waals surface area contributed by atoms with Crippen molar-refractivity contribution < 1.29 is 19.8 Å². The van der Waals surface area contributed by atoms with Gasteiger partial charge in [-0.15, -0.1) is 10.2 Å². The van der Waals surface area contributed by atoms with Crippen LogP contribution in [0.1, 0.15) is 0 Å². The first kappa shape index (κ1) is 11.6. The molecule has 0 aliphatic heterocycles. The molecule has 5 heteroatoms. The molecule has 2 aromatic rings. The van der Waals surface area contributed by atoms with E-state index in [1.54, 1.807) is 24.5 Å². The molecule has 0 fully saturated rings. The van der Waals surface area contributed by atoms with Gasteiger partial charge in [0.25, 0.3) is 0 Å². The summed E-state index contributed by atoms with van der Waals surface area (Å²) < 4.78 is 0. The van der Waals surface area contributed by atoms with Gasteiger partial charge in [0.1, 0.15) is 0 Å². The van der Waals surface area contributed by atoms with Gasteiger partial charge in [-0.25, -0.2) is 9.97 Å². The summed E-state index contributed by atoms with van der Waals surface area (Å²) in [6.07, 6.45) is 3.35. The van der Waals surface area contributed by atoms with Gasteiger partial charge in [-0.3, -0.25) is 0 Å². The minimum absolute atomic E-state index is 0. The first-order valence-electron chi connectivity index (χ1n) is 4.19. The maximum absolute atomic E-state index is 4.01. The first-order valence-corrected chi connectivity index (χ1v) is 4.19. The number of hydrogen-bond donors (Lipinski definition) is 0. The molecule has 0 N–H and O–H groups in total. The van der Waals surface area contributed by atoms with E-state index < -0.39 is 0 Å². The molecule has 15 heavy (non-hydrogen) atoms. The zero-order chi connectivity index (χ0) is 9.64. The van der Waals surface area contributed by atoms with E-state index in [2.05, 4.69) is 20.2 Å². The fraction of sp³-hybridized carbons (Fsp3) is 0. The largest absolute Gasteiger partial charge is 0.236 e. The van der Waals surface area contributed by atoms with Crippen molar-refractivity contribution in [3.8, 4) is 0 Å². The maximum atomic E-state index is 4.01. The smallest absolute Gasteiger partial charge is 0.174 e. The van der Waals surface area contributed by atoms with Crippen LogP contribution >= 0.6 is 0 Å². The Balaban J connectivity index is 0.00000112. The van der Waals surface area contributed by atoms with Crippen molar-refractivity contribution >= 4 is 11.6 Å². The Morgan fingerprint density at radius 3 is 1.53 bits per heavy atom. The molecule has 0 amide bonds. The molecule has 2 aromatic heterocycles. The summed E-state index contributed by atoms with van der Waals surface area (Å²) in [7, 11) is 0. The minimum atomic E-state index is 0. The Labute approximate surface area is 101 Å². The topological polar surface area (TPSA) is 50.5 Å². The van der Waals surface area contributed by atoms with Gasteiger partial charge in [0.15, 0.2) is 11.6 Å². The zero-order valence-electron chi connectivity index (χ0n) is 7.76. The van der Waals surface area contributed by atoms with Gasteiger partial charge >= 0.3 is 0 Å². The van der Waals surface area contributed by atoms with Gasteiger partial charge < -0.3 is 0 Å². The quantitative estimate of drug-likeness (QED) is 0.759. The molecule has 2 heterocycles. The normalized spacial score (nSPS) is 9.87. The molecule has 0 radical (unpaired) electrons. The average Bonchev–Trinajstić information content (AvgIpc) is 2.29. The van der Waals surface area contributed by atoms with E-state index in [0.29, 0.717) is 11.6 Å². The molecule has 2 rings (SSSR count). The van der Waals surface area contributed by atoms with E-state index >= 15 is 0 Å². The van der Waals surface area contributed by atoms with E-state index in [-0.39, 0.29) is 19.8 Å². The third-order valence-corrected chi connectivity index (χ3v) is 1.55. The number of pyridine rings is 2. The van der Waals surface area contributed by atoms with Crippen molar-refractivity contribution in [1.82, 2.24) is 9.97 Å². The van der Waals surface area contributed by atoms with E-state index in [1.165, 1.54) is 0 Å². The fourth-order valence-corrected chi connectivity index (χ4v) is 0.928. The van der Waals surface area contributed by atoms with Gasteiger partial charge in [0.05, 0.1) is 0 Å². The van der Waals surface area contributed by atoms with Crippen molar-refractivity contribution in [3.05, 3.63) is 48.8 Å². The van der Waals surface area contributed by atoms with Crippen LogP contribution in [0, 0.1) is 0 Å². The van der Waals surface area contributed by atoms with Crippen LogP contribution in [0.15, 0.2) is 59.0 Å². The molecule has 4 nitrogen and oxygen atoms in total. The van der Waals surface area contributed by atoms with Crippen molar-refractivity contribution in [2.45, 2.75) is 0 Å². The first-order chi connectivity index (χ1) is 6.95. The molecule has 0 saturated carbocycles. The molecule has 0 aromatic carbocycles. The van der Waals surface area contributed by atoms with Gasteiger partial charge in [-0.05, 0) is 24.3 Å². The van der Waals surface area contributed by atoms with Crippen LogP contribution in [0.25, 0.3) is 0 Å². The summed E-state index contributed by atoms with van der Waals surface area (Å²) in [4.78, 5) is 8.01. The number of aromatic nitrogens is 2. The third-order valence-electron chi connectivity index (χ3n) is 1.55. The predicted molar refractivity (Wildman–Crippen MR) is 52.7 cm³/mol. The number of nitrogens with zero attached hydrogens (tertiary/aromatic N) is 4. The molecule has 76 valence electrons. The molecule has 0 saturated heterocycles. The monoisotopic (exact) mass is 376 g/mol. The molecule has 0 aliphatic carbocycles. The van der Waals surface area contributed by atoms with Crippen molar-refractivity contribution in [2.24, 2.45) is 10.2 Å². The summed E-state index contributed by atoms with van der Waals surface area (Å²) >= 11 is 0. The van der Waals surface area contributed by atoms with E-state index in [9.17, 15) is 0 Å². The molecule has 0 atom stereocenters. The molecule has 0 spiro atoms. The summed E-state index contributed by atoms with van der Waals surface area (Å²) in [6.45, 7) is 0. The van der Waals surface area contributed by atoms with Crippen LogP contribution in [0.2, 0.25) is 0 Å². The zero-order valence-corrected chi connectivity index (χ0v) is 10.3. The minimum Gasteiger partial charge on any atom is -0.236 e. The Bertz CT molecular complexity index is 374. The Morgan fingerprint density at radius 1 is 0.733 bits per heavy atom. The molecule has 0 unspecified atom stereocenters. The number of hydrogen-bond acceptors (Lipinski definition) is 4. The van der Waals surface area contributed by atoms with Crippen LogP contribution in [0.4, 0.5) is 11.6 Å². The van der Waals surface area contributed by atoms with Crippen LogP contribution < -0.4 is 0 Å². The van der Waals surface area contributed by atoms with Gasteiger partial charge in [0.2, 0.25) is 0 Å². The second-order valence-corrected chi connectivity index (χ2v) is 2.58. The molecule has 0 aliphatic rings. The van der Waals surface area contributed by atoms with Gasteiger partial charge in [0, 0.05) is 32.2 Å². The van der Waals surface area contributed by atoms with E-state index in [4.69, 9.17) is 0 Å². The molecular weight excluding hydrogens is 366 g/mol.